The number of hydrogen-bond donors (Lipinski definition) is 0. The second-order valence-corrected chi connectivity index (χ2v) is 9.81. The Bertz CT molecular complexity index is 1220. The van der Waals surface area contributed by atoms with E-state index in [2.05, 4.69) is 13.8 Å². The number of hydrogen-bond acceptors (Lipinski definition) is 5. The molecule has 7 nitrogen and oxygen atoms in total. The number of carbonyl (C=O) groups is 1. The normalized spacial score (nSPS) is 15.3. The Morgan fingerprint density at radius 3 is 2.41 bits per heavy atom. The summed E-state index contributed by atoms with van der Waals surface area (Å²) in [6, 6.07) is 21.6. The van der Waals surface area contributed by atoms with Gasteiger partial charge < -0.3 is 23.8 Å². The first-order valence-corrected chi connectivity index (χ1v) is 13.8. The van der Waals surface area contributed by atoms with Crippen LogP contribution in [0, 0.1) is 0 Å². The van der Waals surface area contributed by atoms with Crippen LogP contribution >= 0.6 is 0 Å². The maximum absolute atomic E-state index is 13.9. The molecule has 7 heteroatoms. The Kier molecular flexibility index (Phi) is 9.95. The lowest BCUT2D eigenvalue weighted by atomic mass is 10.1. The summed E-state index contributed by atoms with van der Waals surface area (Å²) in [4.78, 5) is 17.6. The zero-order chi connectivity index (χ0) is 27.6. The van der Waals surface area contributed by atoms with Crippen LogP contribution in [0.3, 0.4) is 0 Å². The smallest absolute Gasteiger partial charge is 0.325 e. The minimum atomic E-state index is -0.0484. The van der Waals surface area contributed by atoms with Gasteiger partial charge in [0.2, 0.25) is 0 Å². The highest BCUT2D eigenvalue weighted by atomic mass is 16.5. The molecule has 1 heterocycles. The third-order valence-corrected chi connectivity index (χ3v) is 7.09. The van der Waals surface area contributed by atoms with Crippen LogP contribution in [0.2, 0.25) is 0 Å². The summed E-state index contributed by atoms with van der Waals surface area (Å²) in [6.45, 7) is 6.33. The van der Waals surface area contributed by atoms with Gasteiger partial charge in [0.1, 0.15) is 6.61 Å². The van der Waals surface area contributed by atoms with E-state index < -0.39 is 0 Å². The average Bonchev–Trinajstić information content (AvgIpc) is 2.97. The van der Waals surface area contributed by atoms with Crippen LogP contribution in [0.25, 0.3) is 0 Å². The molecule has 1 atom stereocenters. The Hall–Kier alpha value is -3.87. The first-order chi connectivity index (χ1) is 19.0. The number of nitrogens with zero attached hydrogens (tertiary/aromatic N) is 2. The predicted molar refractivity (Wildman–Crippen MR) is 154 cm³/mol. The van der Waals surface area contributed by atoms with E-state index in [4.69, 9.17) is 18.9 Å². The zero-order valence-corrected chi connectivity index (χ0v) is 23.5. The highest BCUT2D eigenvalue weighted by molar-refractivity contribution is 5.93. The molecule has 3 aromatic carbocycles. The van der Waals surface area contributed by atoms with Crippen molar-refractivity contribution in [2.24, 2.45) is 0 Å². The fraction of sp³-hybridized carbons (Fsp3) is 0.406. The standard InChI is InChI=1S/C32H40N2O5/c1-5-6-10-20-38-30-21-27(16-17-28(30)36-3)33-19-18-24(2)34(32(33)35)22-26-14-11-15-29(37-4)31(26)39-23-25-12-8-7-9-13-25/h7-9,11-17,21,24H,5-6,10,18-20,22-23H2,1-4H3/t24-/m0/s1. The minimum Gasteiger partial charge on any atom is -0.493 e. The molecule has 0 spiro atoms. The topological polar surface area (TPSA) is 60.5 Å². The van der Waals surface area contributed by atoms with Gasteiger partial charge in [0.15, 0.2) is 23.0 Å². The lowest BCUT2D eigenvalue weighted by Crippen LogP contribution is -2.53. The highest BCUT2D eigenvalue weighted by Crippen LogP contribution is 2.36. The van der Waals surface area contributed by atoms with Crippen molar-refractivity contribution in [1.29, 1.82) is 0 Å². The van der Waals surface area contributed by atoms with E-state index in [0.717, 1.165) is 42.5 Å². The molecular formula is C32H40N2O5. The Morgan fingerprint density at radius 1 is 0.872 bits per heavy atom. The van der Waals surface area contributed by atoms with E-state index in [1.54, 1.807) is 14.2 Å². The number of ether oxygens (including phenoxy) is 4. The zero-order valence-electron chi connectivity index (χ0n) is 23.5. The molecule has 0 unspecified atom stereocenters. The van der Waals surface area contributed by atoms with E-state index in [9.17, 15) is 4.79 Å². The van der Waals surface area contributed by atoms with Crippen molar-refractivity contribution in [3.8, 4) is 23.0 Å². The molecular weight excluding hydrogens is 492 g/mol. The predicted octanol–water partition coefficient (Wildman–Crippen LogP) is 7.07. The molecule has 0 aliphatic carbocycles. The number of carbonyl (C=O) groups excluding carboxylic acids is 1. The molecule has 2 amide bonds. The molecule has 0 N–H and O–H groups in total. The van der Waals surface area contributed by atoms with E-state index in [0.29, 0.717) is 49.3 Å². The maximum atomic E-state index is 13.9. The van der Waals surface area contributed by atoms with E-state index in [-0.39, 0.29) is 12.1 Å². The molecule has 1 fully saturated rings. The number of rotatable bonds is 13. The first-order valence-electron chi connectivity index (χ1n) is 13.8. The molecule has 1 saturated heterocycles. The summed E-state index contributed by atoms with van der Waals surface area (Å²) in [5, 5.41) is 0. The second-order valence-electron chi connectivity index (χ2n) is 9.81. The number of anilines is 1. The summed E-state index contributed by atoms with van der Waals surface area (Å²) in [7, 11) is 3.27. The van der Waals surface area contributed by atoms with Crippen LogP contribution in [0.5, 0.6) is 23.0 Å². The van der Waals surface area contributed by atoms with Crippen LogP contribution < -0.4 is 23.8 Å². The van der Waals surface area contributed by atoms with Crippen molar-refractivity contribution in [2.45, 2.75) is 58.7 Å². The molecule has 0 aromatic heterocycles. The van der Waals surface area contributed by atoms with Gasteiger partial charge in [-0.2, -0.15) is 0 Å². The molecule has 1 aliphatic heterocycles. The molecule has 0 bridgehead atoms. The van der Waals surface area contributed by atoms with E-state index in [1.807, 2.05) is 76.5 Å². The number of amides is 2. The van der Waals surface area contributed by atoms with Gasteiger partial charge >= 0.3 is 6.03 Å². The third-order valence-electron chi connectivity index (χ3n) is 7.09. The van der Waals surface area contributed by atoms with Gasteiger partial charge in [-0.05, 0) is 43.5 Å². The van der Waals surface area contributed by atoms with Crippen LogP contribution in [0.15, 0.2) is 66.7 Å². The first kappa shape index (κ1) is 28.1. The monoisotopic (exact) mass is 532 g/mol. The average molecular weight is 533 g/mol. The molecule has 3 aromatic rings. The molecule has 0 radical (unpaired) electrons. The maximum Gasteiger partial charge on any atom is 0.325 e. The Balaban J connectivity index is 1.54. The minimum absolute atomic E-state index is 0.0484. The molecule has 1 aliphatic rings. The Labute approximate surface area is 232 Å². The van der Waals surface area contributed by atoms with Crippen LogP contribution in [0.4, 0.5) is 10.5 Å². The van der Waals surface area contributed by atoms with Gasteiger partial charge in [-0.15, -0.1) is 0 Å². The molecule has 208 valence electrons. The van der Waals surface area contributed by atoms with Crippen LogP contribution in [0.1, 0.15) is 50.7 Å². The van der Waals surface area contributed by atoms with Crippen molar-refractivity contribution in [3.63, 3.8) is 0 Å². The summed E-state index contributed by atoms with van der Waals surface area (Å²) < 4.78 is 23.4. The number of benzene rings is 3. The third kappa shape index (κ3) is 6.96. The number of unbranched alkanes of at least 4 members (excludes halogenated alkanes) is 2. The van der Waals surface area contributed by atoms with E-state index >= 15 is 0 Å². The van der Waals surface area contributed by atoms with Crippen molar-refractivity contribution in [1.82, 2.24) is 4.90 Å². The summed E-state index contributed by atoms with van der Waals surface area (Å²) in [5.41, 5.74) is 2.77. The number of methoxy groups -OCH3 is 2. The second kappa shape index (κ2) is 13.8. The van der Waals surface area contributed by atoms with Crippen LogP contribution in [-0.2, 0) is 13.2 Å². The van der Waals surface area contributed by atoms with Crippen LogP contribution in [-0.4, -0.2) is 44.3 Å². The van der Waals surface area contributed by atoms with Gasteiger partial charge in [-0.3, -0.25) is 4.90 Å². The van der Waals surface area contributed by atoms with Gasteiger partial charge in [0.05, 0.1) is 27.4 Å². The number of urea groups is 1. The summed E-state index contributed by atoms with van der Waals surface area (Å²) >= 11 is 0. The largest absolute Gasteiger partial charge is 0.493 e. The SMILES string of the molecule is CCCCCOc1cc(N2CC[C@H](C)N(Cc3cccc(OC)c3OCc3ccccc3)C2=O)ccc1OC. The van der Waals surface area contributed by atoms with Gasteiger partial charge in [0, 0.05) is 29.9 Å². The molecule has 4 rings (SSSR count). The fourth-order valence-corrected chi connectivity index (χ4v) is 4.78. The molecule has 0 saturated carbocycles. The lowest BCUT2D eigenvalue weighted by Gasteiger charge is -2.40. The van der Waals surface area contributed by atoms with E-state index in [1.165, 1.54) is 0 Å². The van der Waals surface area contributed by atoms with Crippen molar-refractivity contribution < 1.29 is 23.7 Å². The number of para-hydroxylation sites is 1. The van der Waals surface area contributed by atoms with Gasteiger partial charge in [0.25, 0.3) is 0 Å². The lowest BCUT2D eigenvalue weighted by molar-refractivity contribution is 0.164. The molecule has 39 heavy (non-hydrogen) atoms. The van der Waals surface area contributed by atoms with Crippen molar-refractivity contribution >= 4 is 11.7 Å². The van der Waals surface area contributed by atoms with Gasteiger partial charge in [-0.1, -0.05) is 62.2 Å². The summed E-state index contributed by atoms with van der Waals surface area (Å²) in [5.74, 6) is 2.64. The van der Waals surface area contributed by atoms with Crippen molar-refractivity contribution in [2.75, 3.05) is 32.3 Å². The quantitative estimate of drug-likeness (QED) is 0.220. The fourth-order valence-electron chi connectivity index (χ4n) is 4.78. The van der Waals surface area contributed by atoms with Gasteiger partial charge in [-0.25, -0.2) is 4.79 Å². The highest BCUT2D eigenvalue weighted by Gasteiger charge is 2.33. The Morgan fingerprint density at radius 2 is 1.67 bits per heavy atom. The van der Waals surface area contributed by atoms with Crippen molar-refractivity contribution in [3.05, 3.63) is 77.9 Å². The summed E-state index contributed by atoms with van der Waals surface area (Å²) in [6.07, 6.45) is 4.06.